The van der Waals surface area contributed by atoms with Gasteiger partial charge in [-0.25, -0.2) is 9.59 Å². The van der Waals surface area contributed by atoms with Gasteiger partial charge in [0.15, 0.2) is 0 Å². The second-order valence-corrected chi connectivity index (χ2v) is 6.97. The average Bonchev–Trinajstić information content (AvgIpc) is 2.32. The van der Waals surface area contributed by atoms with Gasteiger partial charge >= 0.3 is 11.9 Å². The van der Waals surface area contributed by atoms with Crippen LogP contribution in [0.5, 0.6) is 0 Å². The zero-order chi connectivity index (χ0) is 17.0. The van der Waals surface area contributed by atoms with Crippen LogP contribution in [0.25, 0.3) is 6.08 Å². The van der Waals surface area contributed by atoms with Crippen LogP contribution in [0.4, 0.5) is 0 Å². The van der Waals surface area contributed by atoms with E-state index < -0.39 is 23.1 Å². The Morgan fingerprint density at radius 1 is 0.818 bits per heavy atom. The molecule has 1 aromatic rings. The number of ether oxygens (including phenoxy) is 2. The number of esters is 2. The minimum absolute atomic E-state index is 0.115. The smallest absolute Gasteiger partial charge is 0.346 e. The quantitative estimate of drug-likeness (QED) is 0.369. The Balaban J connectivity index is 3.13. The molecule has 0 amide bonds. The van der Waals surface area contributed by atoms with Crippen LogP contribution < -0.4 is 0 Å². The molecule has 0 bridgehead atoms. The standard InChI is InChI=1S/C18H24O4/c1-17(2,3)21-15(19)14(16(20)22-18(4,5)6)12-13-10-8-7-9-11-13/h7-12H,1-6H3. The van der Waals surface area contributed by atoms with E-state index >= 15 is 0 Å². The number of hydrogen-bond donors (Lipinski definition) is 0. The molecule has 4 heteroatoms. The highest BCUT2D eigenvalue weighted by Gasteiger charge is 2.28. The predicted octanol–water partition coefficient (Wildman–Crippen LogP) is 3.75. The van der Waals surface area contributed by atoms with Crippen molar-refractivity contribution in [2.75, 3.05) is 0 Å². The highest BCUT2D eigenvalue weighted by atomic mass is 16.6. The summed E-state index contributed by atoms with van der Waals surface area (Å²) in [5.74, 6) is -1.38. The van der Waals surface area contributed by atoms with Crippen molar-refractivity contribution < 1.29 is 19.1 Å². The van der Waals surface area contributed by atoms with Gasteiger partial charge in [-0.05, 0) is 53.2 Å². The minimum Gasteiger partial charge on any atom is -0.456 e. The molecule has 0 aromatic heterocycles. The Labute approximate surface area is 132 Å². The number of benzene rings is 1. The minimum atomic E-state index is -0.689. The fourth-order valence-electron chi connectivity index (χ4n) is 1.58. The molecule has 0 unspecified atom stereocenters. The van der Waals surface area contributed by atoms with Gasteiger partial charge in [0, 0.05) is 0 Å². The van der Waals surface area contributed by atoms with Crippen molar-refractivity contribution in [2.24, 2.45) is 0 Å². The highest BCUT2D eigenvalue weighted by molar-refractivity contribution is 6.17. The van der Waals surface area contributed by atoms with Gasteiger partial charge < -0.3 is 9.47 Å². The molecule has 0 saturated heterocycles. The third-order valence-corrected chi connectivity index (χ3v) is 2.35. The molecule has 22 heavy (non-hydrogen) atoms. The zero-order valence-electron chi connectivity index (χ0n) is 14.1. The first-order valence-electron chi connectivity index (χ1n) is 7.21. The molecular weight excluding hydrogens is 280 g/mol. The number of carbonyl (C=O) groups is 2. The normalized spacial score (nSPS) is 11.5. The van der Waals surface area contributed by atoms with E-state index in [2.05, 4.69) is 0 Å². The largest absolute Gasteiger partial charge is 0.456 e. The van der Waals surface area contributed by atoms with Crippen LogP contribution in [0.2, 0.25) is 0 Å². The second-order valence-electron chi connectivity index (χ2n) is 6.97. The molecule has 0 radical (unpaired) electrons. The summed E-state index contributed by atoms with van der Waals surface area (Å²) in [6, 6.07) is 9.11. The first kappa shape index (κ1) is 18.0. The first-order chi connectivity index (χ1) is 9.98. The van der Waals surface area contributed by atoms with Crippen LogP contribution in [-0.4, -0.2) is 23.1 Å². The number of carbonyl (C=O) groups excluding carboxylic acids is 2. The average molecular weight is 304 g/mol. The Morgan fingerprint density at radius 2 is 1.23 bits per heavy atom. The van der Waals surface area contributed by atoms with Gasteiger partial charge in [-0.15, -0.1) is 0 Å². The van der Waals surface area contributed by atoms with E-state index in [1.165, 1.54) is 6.08 Å². The monoisotopic (exact) mass is 304 g/mol. The fourth-order valence-corrected chi connectivity index (χ4v) is 1.58. The molecule has 0 saturated carbocycles. The summed E-state index contributed by atoms with van der Waals surface area (Å²) in [5, 5.41) is 0. The van der Waals surface area contributed by atoms with E-state index in [0.29, 0.717) is 0 Å². The molecule has 0 aliphatic heterocycles. The van der Waals surface area contributed by atoms with Crippen molar-refractivity contribution in [3.63, 3.8) is 0 Å². The van der Waals surface area contributed by atoms with Crippen LogP contribution in [0.15, 0.2) is 35.9 Å². The molecule has 4 nitrogen and oxygen atoms in total. The SMILES string of the molecule is CC(C)(C)OC(=O)C(=Cc1ccccc1)C(=O)OC(C)(C)C. The predicted molar refractivity (Wildman–Crippen MR) is 86.1 cm³/mol. The van der Waals surface area contributed by atoms with Crippen LogP contribution in [-0.2, 0) is 19.1 Å². The van der Waals surface area contributed by atoms with Gasteiger partial charge in [0.1, 0.15) is 16.8 Å². The molecule has 0 N–H and O–H groups in total. The van der Waals surface area contributed by atoms with Gasteiger partial charge in [-0.3, -0.25) is 0 Å². The van der Waals surface area contributed by atoms with E-state index in [1.54, 1.807) is 53.7 Å². The molecular formula is C18H24O4. The lowest BCUT2D eigenvalue weighted by molar-refractivity contribution is -0.158. The maximum absolute atomic E-state index is 12.3. The van der Waals surface area contributed by atoms with E-state index in [4.69, 9.17) is 9.47 Å². The molecule has 1 aromatic carbocycles. The van der Waals surface area contributed by atoms with Crippen molar-refractivity contribution in [1.29, 1.82) is 0 Å². The Bertz CT molecular complexity index is 527. The third kappa shape index (κ3) is 6.57. The maximum atomic E-state index is 12.3. The second kappa shape index (κ2) is 6.77. The Kier molecular flexibility index (Phi) is 5.53. The molecule has 0 atom stereocenters. The van der Waals surface area contributed by atoms with Crippen molar-refractivity contribution >= 4 is 18.0 Å². The molecule has 0 aliphatic rings. The van der Waals surface area contributed by atoms with Crippen molar-refractivity contribution in [3.8, 4) is 0 Å². The Morgan fingerprint density at radius 3 is 1.59 bits per heavy atom. The lowest BCUT2D eigenvalue weighted by atomic mass is 10.1. The van der Waals surface area contributed by atoms with E-state index in [9.17, 15) is 9.59 Å². The van der Waals surface area contributed by atoms with Gasteiger partial charge in [0.05, 0.1) is 0 Å². The zero-order valence-corrected chi connectivity index (χ0v) is 14.1. The van der Waals surface area contributed by atoms with Crippen LogP contribution in [0.3, 0.4) is 0 Å². The summed E-state index contributed by atoms with van der Waals surface area (Å²) < 4.78 is 10.6. The van der Waals surface area contributed by atoms with Gasteiger partial charge in [-0.1, -0.05) is 30.3 Å². The van der Waals surface area contributed by atoms with Crippen LogP contribution >= 0.6 is 0 Å². The fraction of sp³-hybridized carbons (Fsp3) is 0.444. The van der Waals surface area contributed by atoms with Crippen LogP contribution in [0, 0.1) is 0 Å². The van der Waals surface area contributed by atoms with E-state index in [0.717, 1.165) is 5.56 Å². The summed E-state index contributed by atoms with van der Waals surface area (Å²) in [6.45, 7) is 10.5. The third-order valence-electron chi connectivity index (χ3n) is 2.35. The Hall–Kier alpha value is -2.10. The maximum Gasteiger partial charge on any atom is 0.346 e. The van der Waals surface area contributed by atoms with Gasteiger partial charge in [0.25, 0.3) is 0 Å². The van der Waals surface area contributed by atoms with Gasteiger partial charge in [0.2, 0.25) is 0 Å². The van der Waals surface area contributed by atoms with Crippen molar-refractivity contribution in [3.05, 3.63) is 41.5 Å². The summed E-state index contributed by atoms with van der Waals surface area (Å²) in [6.07, 6.45) is 1.49. The van der Waals surface area contributed by atoms with E-state index in [-0.39, 0.29) is 5.57 Å². The summed E-state index contributed by atoms with van der Waals surface area (Å²) in [7, 11) is 0. The molecule has 0 spiro atoms. The summed E-state index contributed by atoms with van der Waals surface area (Å²) >= 11 is 0. The molecule has 0 aliphatic carbocycles. The first-order valence-corrected chi connectivity index (χ1v) is 7.21. The molecule has 0 heterocycles. The summed E-state index contributed by atoms with van der Waals surface area (Å²) in [5.41, 5.74) is -0.755. The van der Waals surface area contributed by atoms with Crippen molar-refractivity contribution in [2.45, 2.75) is 52.7 Å². The number of hydrogen-bond acceptors (Lipinski definition) is 4. The molecule has 1 rings (SSSR count). The van der Waals surface area contributed by atoms with Gasteiger partial charge in [-0.2, -0.15) is 0 Å². The lowest BCUT2D eigenvalue weighted by Crippen LogP contribution is -2.31. The number of rotatable bonds is 3. The van der Waals surface area contributed by atoms with E-state index in [1.807, 2.05) is 18.2 Å². The lowest BCUT2D eigenvalue weighted by Gasteiger charge is -2.23. The van der Waals surface area contributed by atoms with Crippen LogP contribution in [0.1, 0.15) is 47.1 Å². The van der Waals surface area contributed by atoms with Crippen molar-refractivity contribution in [1.82, 2.24) is 0 Å². The summed E-state index contributed by atoms with van der Waals surface area (Å²) in [4.78, 5) is 24.6. The molecule has 120 valence electrons. The highest BCUT2D eigenvalue weighted by Crippen LogP contribution is 2.18. The molecule has 0 fully saturated rings. The topological polar surface area (TPSA) is 52.6 Å².